The highest BCUT2D eigenvalue weighted by Gasteiger charge is 2.15. The molecule has 0 saturated carbocycles. The minimum absolute atomic E-state index is 0.0370. The van der Waals surface area contributed by atoms with Gasteiger partial charge in [-0.15, -0.1) is 0 Å². The smallest absolute Gasteiger partial charge is 0.259 e. The minimum atomic E-state index is -0.371. The van der Waals surface area contributed by atoms with Crippen LogP contribution in [0.4, 0.5) is 5.69 Å². The monoisotopic (exact) mass is 285 g/mol. The highest BCUT2D eigenvalue weighted by Crippen LogP contribution is 2.33. The Hall–Kier alpha value is -2.69. The van der Waals surface area contributed by atoms with Crippen LogP contribution in [0.2, 0.25) is 0 Å². The Bertz CT molecular complexity index is 697. The van der Waals surface area contributed by atoms with Gasteiger partial charge in [-0.2, -0.15) is 0 Å². The van der Waals surface area contributed by atoms with Gasteiger partial charge in [0, 0.05) is 11.8 Å². The minimum Gasteiger partial charge on any atom is -0.507 e. The molecule has 0 fully saturated rings. The molecule has 5 heteroatoms. The molecule has 0 spiro atoms. The third-order valence-corrected chi connectivity index (χ3v) is 3.20. The van der Waals surface area contributed by atoms with Crippen molar-refractivity contribution in [1.29, 1.82) is 0 Å². The molecule has 0 radical (unpaired) electrons. The van der Waals surface area contributed by atoms with E-state index in [4.69, 9.17) is 9.47 Å². The van der Waals surface area contributed by atoms with Crippen molar-refractivity contribution in [2.24, 2.45) is 0 Å². The Morgan fingerprint density at radius 3 is 2.62 bits per heavy atom. The van der Waals surface area contributed by atoms with Crippen LogP contribution in [-0.2, 0) is 0 Å². The van der Waals surface area contributed by atoms with Gasteiger partial charge in [0.05, 0.1) is 5.56 Å². The summed E-state index contributed by atoms with van der Waals surface area (Å²) in [6, 6.07) is 10.1. The molecule has 2 aromatic rings. The van der Waals surface area contributed by atoms with Crippen molar-refractivity contribution in [3.05, 3.63) is 47.5 Å². The second-order valence-corrected chi connectivity index (χ2v) is 4.83. The highest BCUT2D eigenvalue weighted by atomic mass is 16.6. The molecule has 0 atom stereocenters. The average Bonchev–Trinajstić information content (AvgIpc) is 2.47. The summed E-state index contributed by atoms with van der Waals surface area (Å²) in [5, 5.41) is 12.6. The van der Waals surface area contributed by atoms with Gasteiger partial charge in [-0.25, -0.2) is 0 Å². The lowest BCUT2D eigenvalue weighted by Crippen LogP contribution is -2.16. The molecule has 3 rings (SSSR count). The maximum absolute atomic E-state index is 12.2. The van der Waals surface area contributed by atoms with Gasteiger partial charge in [-0.05, 0) is 36.8 Å². The Labute approximate surface area is 122 Å². The highest BCUT2D eigenvalue weighted by molar-refractivity contribution is 6.06. The molecule has 1 heterocycles. The number of fused-ring (bicyclic) bond motifs is 1. The van der Waals surface area contributed by atoms with Crippen molar-refractivity contribution in [3.63, 3.8) is 0 Å². The van der Waals surface area contributed by atoms with Crippen molar-refractivity contribution >= 4 is 11.6 Å². The van der Waals surface area contributed by atoms with Gasteiger partial charge < -0.3 is 19.9 Å². The number of nitrogens with one attached hydrogen (secondary N) is 1. The van der Waals surface area contributed by atoms with E-state index in [1.807, 2.05) is 6.92 Å². The Morgan fingerprint density at radius 1 is 1.10 bits per heavy atom. The number of carbonyl (C=O) groups is 1. The van der Waals surface area contributed by atoms with Gasteiger partial charge in [0.15, 0.2) is 11.5 Å². The van der Waals surface area contributed by atoms with E-state index in [0.29, 0.717) is 30.4 Å². The number of hydrogen-bond acceptors (Lipinski definition) is 4. The molecule has 0 unspecified atom stereocenters. The van der Waals surface area contributed by atoms with Crippen LogP contribution in [-0.4, -0.2) is 24.2 Å². The van der Waals surface area contributed by atoms with Crippen LogP contribution in [0.3, 0.4) is 0 Å². The second kappa shape index (κ2) is 5.36. The number of ether oxygens (including phenoxy) is 2. The van der Waals surface area contributed by atoms with Crippen LogP contribution >= 0.6 is 0 Å². The lowest BCUT2D eigenvalue weighted by molar-refractivity contribution is 0.102. The van der Waals surface area contributed by atoms with Crippen molar-refractivity contribution in [3.8, 4) is 17.2 Å². The lowest BCUT2D eigenvalue weighted by atomic mass is 10.1. The van der Waals surface area contributed by atoms with Crippen LogP contribution in [0.15, 0.2) is 36.4 Å². The lowest BCUT2D eigenvalue weighted by Gasteiger charge is -2.19. The van der Waals surface area contributed by atoms with E-state index in [0.717, 1.165) is 5.56 Å². The average molecular weight is 285 g/mol. The fraction of sp³-hybridized carbons (Fsp3) is 0.188. The summed E-state index contributed by atoms with van der Waals surface area (Å²) in [7, 11) is 0. The van der Waals surface area contributed by atoms with Crippen LogP contribution in [0.1, 0.15) is 15.9 Å². The molecule has 2 aromatic carbocycles. The number of phenols is 1. The fourth-order valence-corrected chi connectivity index (χ4v) is 2.15. The van der Waals surface area contributed by atoms with Crippen molar-refractivity contribution in [2.45, 2.75) is 6.92 Å². The molecular formula is C16H15NO4. The number of rotatable bonds is 2. The first-order chi connectivity index (χ1) is 10.1. The number of anilines is 1. The number of aromatic hydroxyl groups is 1. The summed E-state index contributed by atoms with van der Waals surface area (Å²) in [6.07, 6.45) is 0. The van der Waals surface area contributed by atoms with E-state index in [1.165, 1.54) is 0 Å². The van der Waals surface area contributed by atoms with Crippen LogP contribution in [0.25, 0.3) is 0 Å². The molecule has 1 aliphatic rings. The predicted molar refractivity (Wildman–Crippen MR) is 78.2 cm³/mol. The number of benzene rings is 2. The van der Waals surface area contributed by atoms with Gasteiger partial charge in [0.2, 0.25) is 0 Å². The van der Waals surface area contributed by atoms with Crippen LogP contribution in [0.5, 0.6) is 17.2 Å². The van der Waals surface area contributed by atoms with E-state index in [1.54, 1.807) is 36.4 Å². The zero-order valence-electron chi connectivity index (χ0n) is 11.6. The van der Waals surface area contributed by atoms with E-state index in [2.05, 4.69) is 5.32 Å². The van der Waals surface area contributed by atoms with Gasteiger partial charge >= 0.3 is 0 Å². The second-order valence-electron chi connectivity index (χ2n) is 4.83. The summed E-state index contributed by atoms with van der Waals surface area (Å²) < 4.78 is 10.9. The standard InChI is InChI=1S/C16H15NO4/c1-10-2-4-12(13(18)8-10)16(19)17-11-3-5-14-15(9-11)21-7-6-20-14/h2-5,8-9,18H,6-7H2,1H3,(H,17,19). The first-order valence-electron chi connectivity index (χ1n) is 6.64. The zero-order valence-corrected chi connectivity index (χ0v) is 11.6. The van der Waals surface area contributed by atoms with E-state index in [9.17, 15) is 9.90 Å². The summed E-state index contributed by atoms with van der Waals surface area (Å²) in [4.78, 5) is 12.2. The number of hydrogen-bond donors (Lipinski definition) is 2. The Balaban J connectivity index is 1.81. The summed E-state index contributed by atoms with van der Waals surface area (Å²) in [5.41, 5.74) is 1.71. The first-order valence-corrected chi connectivity index (χ1v) is 6.64. The predicted octanol–water partition coefficient (Wildman–Crippen LogP) is 2.72. The summed E-state index contributed by atoms with van der Waals surface area (Å²) >= 11 is 0. The van der Waals surface area contributed by atoms with Crippen molar-refractivity contribution in [2.75, 3.05) is 18.5 Å². The Morgan fingerprint density at radius 2 is 1.86 bits per heavy atom. The van der Waals surface area contributed by atoms with Crippen molar-refractivity contribution in [1.82, 2.24) is 0 Å². The largest absolute Gasteiger partial charge is 0.507 e. The van der Waals surface area contributed by atoms with E-state index < -0.39 is 0 Å². The maximum Gasteiger partial charge on any atom is 0.259 e. The van der Waals surface area contributed by atoms with E-state index >= 15 is 0 Å². The third kappa shape index (κ3) is 2.76. The topological polar surface area (TPSA) is 67.8 Å². The summed E-state index contributed by atoms with van der Waals surface area (Å²) in [5.74, 6) is 0.860. The summed E-state index contributed by atoms with van der Waals surface area (Å²) in [6.45, 7) is 2.86. The molecule has 0 saturated heterocycles. The fourth-order valence-electron chi connectivity index (χ4n) is 2.15. The maximum atomic E-state index is 12.2. The van der Waals surface area contributed by atoms with E-state index in [-0.39, 0.29) is 17.2 Å². The van der Waals surface area contributed by atoms with Crippen molar-refractivity contribution < 1.29 is 19.4 Å². The molecule has 0 aromatic heterocycles. The van der Waals surface area contributed by atoms with Gasteiger partial charge in [-0.1, -0.05) is 6.07 Å². The molecule has 0 aliphatic carbocycles. The first kappa shape index (κ1) is 13.3. The van der Waals surface area contributed by atoms with Crippen LogP contribution in [0, 0.1) is 6.92 Å². The molecule has 108 valence electrons. The van der Waals surface area contributed by atoms with Gasteiger partial charge in [0.1, 0.15) is 19.0 Å². The SMILES string of the molecule is Cc1ccc(C(=O)Nc2ccc3c(c2)OCCO3)c(O)c1. The Kier molecular flexibility index (Phi) is 3.39. The zero-order chi connectivity index (χ0) is 14.8. The normalized spacial score (nSPS) is 12.8. The van der Waals surface area contributed by atoms with Crippen LogP contribution < -0.4 is 14.8 Å². The number of carbonyl (C=O) groups excluding carboxylic acids is 1. The molecule has 1 aliphatic heterocycles. The number of aryl methyl sites for hydroxylation is 1. The molecule has 1 amide bonds. The number of amides is 1. The quantitative estimate of drug-likeness (QED) is 0.890. The number of phenolic OH excluding ortho intramolecular Hbond substituents is 1. The molecule has 2 N–H and O–H groups in total. The molecular weight excluding hydrogens is 270 g/mol. The third-order valence-electron chi connectivity index (χ3n) is 3.20. The van der Waals surface area contributed by atoms with Gasteiger partial charge in [-0.3, -0.25) is 4.79 Å². The molecule has 0 bridgehead atoms. The molecule has 21 heavy (non-hydrogen) atoms. The van der Waals surface area contributed by atoms with Gasteiger partial charge in [0.25, 0.3) is 5.91 Å². The molecule has 5 nitrogen and oxygen atoms in total.